The molecule has 0 spiro atoms. The van der Waals surface area contributed by atoms with Crippen molar-refractivity contribution in [3.63, 3.8) is 0 Å². The number of likely N-dealkylation sites (N-methyl/N-ethyl adjacent to an activating group) is 1. The lowest BCUT2D eigenvalue weighted by atomic mass is 9.83. The first-order chi connectivity index (χ1) is 32.3. The summed E-state index contributed by atoms with van der Waals surface area (Å²) in [7, 11) is 4.60. The van der Waals surface area contributed by atoms with E-state index >= 15 is 0 Å². The molecule has 3 aliphatic rings. The molecule has 4 N–H and O–H groups in total. The van der Waals surface area contributed by atoms with Crippen LogP contribution < -0.4 is 25.4 Å². The molecule has 4 heterocycles. The molecule has 0 radical (unpaired) electrons. The highest BCUT2D eigenvalue weighted by molar-refractivity contribution is 7.10. The Bertz CT molecular complexity index is 2410. The molecule has 2 unspecified atom stereocenters. The maximum absolute atomic E-state index is 14.3. The number of carbonyl (C=O) groups is 5. The smallest absolute Gasteiger partial charge is 0.407 e. The van der Waals surface area contributed by atoms with Gasteiger partial charge < -0.3 is 40.3 Å². The van der Waals surface area contributed by atoms with E-state index < -0.39 is 24.1 Å². The van der Waals surface area contributed by atoms with E-state index in [4.69, 9.17) is 26.1 Å². The molecule has 67 heavy (non-hydrogen) atoms. The Morgan fingerprint density at radius 2 is 1.75 bits per heavy atom. The number of hydrogen-bond acceptors (Lipinski definition) is 14. The number of hydrogen-bond donors (Lipinski definition) is 4. The third-order valence-electron chi connectivity index (χ3n) is 12.8. The predicted molar refractivity (Wildman–Crippen MR) is 255 cm³/mol. The molecule has 2 aromatic heterocycles. The molecule has 7 rings (SSSR count). The summed E-state index contributed by atoms with van der Waals surface area (Å²) in [5.74, 6) is 0.787. The van der Waals surface area contributed by atoms with Crippen LogP contribution in [0.15, 0.2) is 54.0 Å². The predicted octanol–water partition coefficient (Wildman–Crippen LogP) is 6.57. The van der Waals surface area contributed by atoms with Crippen LogP contribution in [0.1, 0.15) is 95.7 Å². The molecule has 358 valence electrons. The van der Waals surface area contributed by atoms with Gasteiger partial charge in [0, 0.05) is 69.9 Å². The van der Waals surface area contributed by atoms with Crippen LogP contribution in [0.2, 0.25) is 5.02 Å². The van der Waals surface area contributed by atoms with Gasteiger partial charge >= 0.3 is 6.09 Å². The Labute approximate surface area is 399 Å². The average Bonchev–Trinajstić information content (AvgIpc) is 4.06. The average molecular weight is 960 g/mol. The number of piperazine rings is 1. The molecule has 2 saturated heterocycles. The Balaban J connectivity index is 0.882. The Kier molecular flexibility index (Phi) is 16.5. The highest BCUT2D eigenvalue weighted by atomic mass is 35.5. The van der Waals surface area contributed by atoms with Crippen molar-refractivity contribution in [3.8, 4) is 11.5 Å². The second-order valence-corrected chi connectivity index (χ2v) is 18.4. The van der Waals surface area contributed by atoms with Crippen molar-refractivity contribution in [1.82, 2.24) is 39.9 Å². The number of methoxy groups -OCH3 is 1. The second kappa shape index (κ2) is 22.6. The molecule has 0 bridgehead atoms. The topological polar surface area (TPSA) is 212 Å². The third-order valence-corrected chi connectivity index (χ3v) is 14.1. The van der Waals surface area contributed by atoms with Gasteiger partial charge in [0.25, 0.3) is 5.91 Å². The molecule has 2 aromatic carbocycles. The van der Waals surface area contributed by atoms with Crippen molar-refractivity contribution in [2.75, 3.05) is 77.7 Å². The summed E-state index contributed by atoms with van der Waals surface area (Å²) >= 11 is 7.46. The molecule has 1 saturated carbocycles. The number of benzene rings is 2. The molecule has 18 nitrogen and oxygen atoms in total. The van der Waals surface area contributed by atoms with Crippen LogP contribution in [0.4, 0.5) is 22.2 Å². The normalized spacial score (nSPS) is 17.6. The molecule has 4 amide bonds. The molecular formula is C47H59ClN10O8S. The first-order valence-corrected chi connectivity index (χ1v) is 24.1. The van der Waals surface area contributed by atoms with Gasteiger partial charge in [-0.3, -0.25) is 29.0 Å². The summed E-state index contributed by atoms with van der Waals surface area (Å²) in [4.78, 5) is 86.6. The maximum atomic E-state index is 14.3. The fourth-order valence-electron chi connectivity index (χ4n) is 8.84. The number of likely N-dealkylation sites (tertiary alicyclic amines) is 1. The third kappa shape index (κ3) is 11.9. The summed E-state index contributed by atoms with van der Waals surface area (Å²) in [5, 5.41) is 21.2. The quantitative estimate of drug-likeness (QED) is 0.0615. The fourth-order valence-corrected chi connectivity index (χ4v) is 9.97. The number of carboxylic acid groups (broad SMARTS) is 1. The van der Waals surface area contributed by atoms with Gasteiger partial charge in [-0.1, -0.05) is 43.0 Å². The highest BCUT2D eigenvalue weighted by Crippen LogP contribution is 2.37. The second-order valence-electron chi connectivity index (χ2n) is 17.1. The number of nitrogens with zero attached hydrogens (tertiary/aromatic N) is 7. The van der Waals surface area contributed by atoms with Gasteiger partial charge in [-0.25, -0.2) is 14.8 Å². The van der Waals surface area contributed by atoms with Crippen LogP contribution in [0, 0.1) is 5.92 Å². The zero-order chi connectivity index (χ0) is 47.6. The lowest BCUT2D eigenvalue weighted by molar-refractivity contribution is -0.140. The van der Waals surface area contributed by atoms with Gasteiger partial charge in [-0.15, -0.1) is 11.3 Å². The van der Waals surface area contributed by atoms with E-state index in [1.54, 1.807) is 60.8 Å². The van der Waals surface area contributed by atoms with E-state index in [-0.39, 0.29) is 35.3 Å². The summed E-state index contributed by atoms with van der Waals surface area (Å²) in [6.07, 6.45) is 7.05. The monoisotopic (exact) mass is 958 g/mol. The van der Waals surface area contributed by atoms with E-state index in [0.29, 0.717) is 82.8 Å². The van der Waals surface area contributed by atoms with Gasteiger partial charge in [-0.2, -0.15) is 4.98 Å². The summed E-state index contributed by atoms with van der Waals surface area (Å²) in [6.45, 7) is 5.84. The number of rotatable bonds is 18. The van der Waals surface area contributed by atoms with Gasteiger partial charge in [0.2, 0.25) is 23.5 Å². The van der Waals surface area contributed by atoms with Gasteiger partial charge in [0.1, 0.15) is 45.1 Å². The number of carbonyl (C=O) groups excluding carboxylic acids is 4. The molecule has 20 heteroatoms. The van der Waals surface area contributed by atoms with E-state index in [9.17, 15) is 29.1 Å². The molecule has 4 aromatic rings. The number of nitrogens with one attached hydrogen (secondary N) is 3. The number of anilines is 3. The number of amides is 4. The van der Waals surface area contributed by atoms with Crippen molar-refractivity contribution in [2.24, 2.45) is 5.92 Å². The Morgan fingerprint density at radius 1 is 0.970 bits per heavy atom. The number of thiazole rings is 1. The standard InChI is InChI=1S/C47H59ClN10O8S/c1-29(55(3)47(63)64)42(60)53-39(30-11-6-5-7-12-30)45(62)58-19-9-15-37(58)43-51-36(28-67-43)40(59)31-13-8-14-33(25-31)66-24-10-18-56-20-22-57(23-21-56)44(61)32-16-17-35(38(26-32)65-4)52-46-50-27-34(48)41(49-2)54-46/h8,13-14,16-17,25-30,37,39H,5-7,9-12,15,18-24H2,1-4H3,(H,53,60)(H,63,64)(H2,49,50,52,54)/t29?,37-,39?/m0/s1. The van der Waals surface area contributed by atoms with E-state index in [1.807, 2.05) is 11.0 Å². The summed E-state index contributed by atoms with van der Waals surface area (Å²) in [5.41, 5.74) is 1.86. The summed E-state index contributed by atoms with van der Waals surface area (Å²) in [6, 6.07) is 10.2. The lowest BCUT2D eigenvalue weighted by Gasteiger charge is -2.35. The molecule has 2 aliphatic heterocycles. The van der Waals surface area contributed by atoms with Crippen LogP contribution in [0.3, 0.4) is 0 Å². The van der Waals surface area contributed by atoms with Crippen molar-refractivity contribution in [1.29, 1.82) is 0 Å². The zero-order valence-corrected chi connectivity index (χ0v) is 39.9. The highest BCUT2D eigenvalue weighted by Gasteiger charge is 2.41. The summed E-state index contributed by atoms with van der Waals surface area (Å²) < 4.78 is 11.7. The maximum Gasteiger partial charge on any atom is 0.407 e. The van der Waals surface area contributed by atoms with Crippen LogP contribution in [0.5, 0.6) is 11.5 Å². The first-order valence-electron chi connectivity index (χ1n) is 22.8. The fraction of sp³-hybridized carbons (Fsp3) is 0.489. The van der Waals surface area contributed by atoms with Crippen molar-refractivity contribution >= 4 is 70.0 Å². The minimum absolute atomic E-state index is 0.0537. The van der Waals surface area contributed by atoms with Crippen molar-refractivity contribution < 1.29 is 38.6 Å². The number of ether oxygens (including phenoxy) is 2. The largest absolute Gasteiger partial charge is 0.495 e. The molecular weight excluding hydrogens is 900 g/mol. The molecule has 1 aliphatic carbocycles. The zero-order valence-electron chi connectivity index (χ0n) is 38.3. The Morgan fingerprint density at radius 3 is 2.48 bits per heavy atom. The van der Waals surface area contributed by atoms with Crippen LogP contribution in [-0.4, -0.2) is 148 Å². The number of ketones is 1. The van der Waals surface area contributed by atoms with Crippen LogP contribution in [0.25, 0.3) is 0 Å². The minimum atomic E-state index is -1.22. The number of aromatic nitrogens is 3. The van der Waals surface area contributed by atoms with Crippen LogP contribution >= 0.6 is 22.9 Å². The van der Waals surface area contributed by atoms with Crippen molar-refractivity contribution in [3.05, 3.63) is 80.9 Å². The van der Waals surface area contributed by atoms with E-state index in [0.717, 1.165) is 69.5 Å². The SMILES string of the molecule is CNc1nc(Nc2ccc(C(=O)N3CCN(CCCOc4cccc(C(=O)c5csc([C@@H]6CCCN6C(=O)C(NC(=O)C(C)N(C)C(=O)O)C6CCCCC6)n5)c4)CC3)cc2OC)ncc1Cl. The van der Waals surface area contributed by atoms with Crippen LogP contribution in [-0.2, 0) is 9.59 Å². The van der Waals surface area contributed by atoms with Gasteiger partial charge in [0.05, 0.1) is 31.6 Å². The number of halogens is 1. The van der Waals surface area contributed by atoms with E-state index in [2.05, 4.69) is 30.8 Å². The van der Waals surface area contributed by atoms with Gasteiger partial charge in [-0.05, 0) is 75.3 Å². The van der Waals surface area contributed by atoms with Crippen molar-refractivity contribution in [2.45, 2.75) is 76.4 Å². The first kappa shape index (κ1) is 48.9. The van der Waals surface area contributed by atoms with Gasteiger partial charge in [0.15, 0.2) is 0 Å². The minimum Gasteiger partial charge on any atom is -0.495 e. The molecule has 3 fully saturated rings. The lowest BCUT2D eigenvalue weighted by Crippen LogP contribution is -2.56. The van der Waals surface area contributed by atoms with E-state index in [1.165, 1.54) is 31.5 Å². The Hall–Kier alpha value is -6.05. The molecule has 3 atom stereocenters.